The van der Waals surface area contributed by atoms with E-state index in [1.165, 1.54) is 31.4 Å². The van der Waals surface area contributed by atoms with Crippen LogP contribution in [-0.4, -0.2) is 13.1 Å². The number of rotatable bonds is 2. The van der Waals surface area contributed by atoms with Crippen molar-refractivity contribution in [2.75, 3.05) is 7.11 Å². The van der Waals surface area contributed by atoms with Crippen LogP contribution in [0.5, 0.6) is 0 Å². The molecule has 0 aliphatic carbocycles. The van der Waals surface area contributed by atoms with Gasteiger partial charge in [-0.15, -0.1) is 0 Å². The van der Waals surface area contributed by atoms with Gasteiger partial charge >= 0.3 is 5.97 Å². The largest absolute Gasteiger partial charge is 0.465 e. The lowest BCUT2D eigenvalue weighted by atomic mass is 10.1. The molecule has 3 aromatic carbocycles. The van der Waals surface area contributed by atoms with Crippen molar-refractivity contribution in [3.8, 4) is 4.90 Å². The van der Waals surface area contributed by atoms with Crippen LogP contribution in [0, 0.1) is 11.6 Å². The lowest BCUT2D eigenvalue weighted by Crippen LogP contribution is -1.99. The van der Waals surface area contributed by atoms with Crippen LogP contribution in [0.2, 0.25) is 0 Å². The van der Waals surface area contributed by atoms with E-state index in [1.807, 2.05) is 12.1 Å². The summed E-state index contributed by atoms with van der Waals surface area (Å²) < 4.78 is 34.1. The van der Waals surface area contributed by atoms with Crippen molar-refractivity contribution >= 4 is 36.6 Å². The van der Waals surface area contributed by atoms with E-state index < -0.39 is 16.4 Å². The summed E-state index contributed by atoms with van der Waals surface area (Å²) >= 11 is 0. The second-order valence-corrected chi connectivity index (χ2v) is 7.57. The Bertz CT molecular complexity index is 1050. The van der Waals surface area contributed by atoms with Gasteiger partial charge in [-0.05, 0) is 48.5 Å². The first-order chi connectivity index (χ1) is 12.1. The smallest absolute Gasteiger partial charge is 0.337 e. The number of methoxy groups -OCH3 is 1. The molecule has 0 saturated carbocycles. The third-order valence-corrected chi connectivity index (χ3v) is 6.46. The number of carbonyl (C=O) groups is 1. The van der Waals surface area contributed by atoms with E-state index >= 15 is 0 Å². The SMILES string of the molecule is COC(=O)c1ccc(-[s+]2c3ccc(F)cc3c3cc(F)ccc32)cc1. The molecule has 0 unspecified atom stereocenters. The van der Waals surface area contributed by atoms with E-state index in [0.717, 1.165) is 25.1 Å². The fourth-order valence-electron chi connectivity index (χ4n) is 3.00. The third-order valence-electron chi connectivity index (χ3n) is 4.12. The average Bonchev–Trinajstić information content (AvgIpc) is 2.94. The standard InChI is InChI=1S/C20H13F2O2S/c1-24-20(23)12-2-6-15(7-3-12)25-18-8-4-13(21)10-16(18)17-11-14(22)5-9-19(17)25/h2-11H,1H3/q+1. The van der Waals surface area contributed by atoms with Crippen molar-refractivity contribution in [3.63, 3.8) is 0 Å². The molecule has 0 amide bonds. The quantitative estimate of drug-likeness (QED) is 0.336. The topological polar surface area (TPSA) is 26.3 Å². The minimum atomic E-state index is -0.466. The van der Waals surface area contributed by atoms with Gasteiger partial charge in [0, 0.05) is 22.6 Å². The van der Waals surface area contributed by atoms with E-state index in [1.54, 1.807) is 24.3 Å². The summed E-state index contributed by atoms with van der Waals surface area (Å²) in [7, 11) is 0.872. The zero-order valence-corrected chi connectivity index (χ0v) is 14.1. The number of benzene rings is 3. The fraction of sp³-hybridized carbons (Fsp3) is 0.0500. The summed E-state index contributed by atoms with van der Waals surface area (Å²) in [5.41, 5.74) is 0.465. The first kappa shape index (κ1) is 15.7. The normalized spacial score (nSPS) is 11.2. The molecule has 0 aliphatic rings. The molecule has 4 aromatic rings. The Morgan fingerprint density at radius 2 is 1.36 bits per heavy atom. The van der Waals surface area contributed by atoms with Gasteiger partial charge in [0.2, 0.25) is 0 Å². The molecule has 0 spiro atoms. The van der Waals surface area contributed by atoms with Gasteiger partial charge in [-0.3, -0.25) is 0 Å². The molecule has 0 atom stereocenters. The molecule has 0 fully saturated rings. The number of carbonyl (C=O) groups excluding carboxylic acids is 1. The maximum atomic E-state index is 13.7. The predicted octanol–water partition coefficient (Wildman–Crippen LogP) is 5.80. The molecule has 0 aliphatic heterocycles. The molecular formula is C20H13F2O2S+. The van der Waals surface area contributed by atoms with Crippen molar-refractivity contribution in [1.29, 1.82) is 0 Å². The molecule has 5 heteroatoms. The predicted molar refractivity (Wildman–Crippen MR) is 96.5 cm³/mol. The molecule has 4 rings (SSSR count). The highest BCUT2D eigenvalue weighted by molar-refractivity contribution is 7.50. The first-order valence-corrected chi connectivity index (χ1v) is 8.83. The zero-order valence-electron chi connectivity index (χ0n) is 13.3. The van der Waals surface area contributed by atoms with Crippen LogP contribution in [0.25, 0.3) is 25.1 Å². The summed E-state index contributed by atoms with van der Waals surface area (Å²) in [6.45, 7) is 0. The van der Waals surface area contributed by atoms with Gasteiger partial charge in [-0.2, -0.15) is 0 Å². The zero-order chi connectivity index (χ0) is 17.6. The van der Waals surface area contributed by atoms with Gasteiger partial charge in [-0.25, -0.2) is 13.6 Å². The number of halogens is 2. The van der Waals surface area contributed by atoms with Crippen LogP contribution in [0.3, 0.4) is 0 Å². The van der Waals surface area contributed by atoms with Crippen LogP contribution in [0.4, 0.5) is 8.78 Å². The Kier molecular flexibility index (Phi) is 3.73. The fourth-order valence-corrected chi connectivity index (χ4v) is 5.34. The van der Waals surface area contributed by atoms with Gasteiger partial charge in [0.25, 0.3) is 0 Å². The van der Waals surface area contributed by atoms with Crippen LogP contribution in [-0.2, 0) is 4.74 Å². The highest BCUT2D eigenvalue weighted by Crippen LogP contribution is 2.48. The Balaban J connectivity index is 2.01. The van der Waals surface area contributed by atoms with Gasteiger partial charge in [-0.1, -0.05) is 0 Å². The third kappa shape index (κ3) is 2.57. The summed E-state index contributed by atoms with van der Waals surface area (Å²) in [6, 6.07) is 16.4. The Labute approximate surface area is 145 Å². The molecule has 1 aromatic heterocycles. The molecule has 0 N–H and O–H groups in total. The second kappa shape index (κ2) is 5.93. The van der Waals surface area contributed by atoms with Crippen molar-refractivity contribution in [2.45, 2.75) is 0 Å². The molecule has 0 saturated heterocycles. The lowest BCUT2D eigenvalue weighted by Gasteiger charge is -1.98. The number of fused-ring (bicyclic) bond motifs is 3. The summed E-state index contributed by atoms with van der Waals surface area (Å²) in [6.07, 6.45) is 0. The van der Waals surface area contributed by atoms with Gasteiger partial charge < -0.3 is 4.74 Å². The van der Waals surface area contributed by atoms with Gasteiger partial charge in [0.05, 0.1) is 23.4 Å². The monoisotopic (exact) mass is 355 g/mol. The summed E-state index contributed by atoms with van der Waals surface area (Å²) in [4.78, 5) is 12.6. The van der Waals surface area contributed by atoms with Gasteiger partial charge in [0.15, 0.2) is 14.3 Å². The first-order valence-electron chi connectivity index (χ1n) is 7.60. The van der Waals surface area contributed by atoms with Crippen molar-refractivity contribution in [1.82, 2.24) is 0 Å². The highest BCUT2D eigenvalue weighted by Gasteiger charge is 2.24. The minimum absolute atomic E-state index is 0.347. The molecule has 2 nitrogen and oxygen atoms in total. The van der Waals surface area contributed by atoms with Crippen LogP contribution in [0.15, 0.2) is 60.7 Å². The number of esters is 1. The Morgan fingerprint density at radius 1 is 0.840 bits per heavy atom. The van der Waals surface area contributed by atoms with Crippen molar-refractivity contribution < 1.29 is 18.3 Å². The van der Waals surface area contributed by atoms with E-state index in [4.69, 9.17) is 4.74 Å². The average molecular weight is 355 g/mol. The Morgan fingerprint density at radius 3 is 1.84 bits per heavy atom. The van der Waals surface area contributed by atoms with Crippen LogP contribution < -0.4 is 0 Å². The van der Waals surface area contributed by atoms with E-state index in [9.17, 15) is 13.6 Å². The number of hydrogen-bond donors (Lipinski definition) is 0. The van der Waals surface area contributed by atoms with E-state index in [-0.39, 0.29) is 11.6 Å². The minimum Gasteiger partial charge on any atom is -0.465 e. The van der Waals surface area contributed by atoms with Gasteiger partial charge in [0.1, 0.15) is 11.6 Å². The molecule has 25 heavy (non-hydrogen) atoms. The highest BCUT2D eigenvalue weighted by atomic mass is 32.2. The Hall–Kier alpha value is -2.79. The summed E-state index contributed by atoms with van der Waals surface area (Å²) in [5.74, 6) is -1.09. The molecule has 0 radical (unpaired) electrons. The number of thiophene rings is 1. The second-order valence-electron chi connectivity index (χ2n) is 5.60. The lowest BCUT2D eigenvalue weighted by molar-refractivity contribution is 0.0601. The van der Waals surface area contributed by atoms with E-state index in [0.29, 0.717) is 5.56 Å². The maximum Gasteiger partial charge on any atom is 0.337 e. The molecule has 1 heterocycles. The van der Waals surface area contributed by atoms with Crippen molar-refractivity contribution in [2.24, 2.45) is 0 Å². The van der Waals surface area contributed by atoms with Crippen LogP contribution >= 0.6 is 10.5 Å². The number of ether oxygens (including phenoxy) is 1. The molecular weight excluding hydrogens is 342 g/mol. The maximum absolute atomic E-state index is 13.7. The number of hydrogen-bond acceptors (Lipinski definition) is 2. The molecule has 0 bridgehead atoms. The summed E-state index contributed by atoms with van der Waals surface area (Å²) in [5, 5.41) is 1.43. The van der Waals surface area contributed by atoms with Crippen LogP contribution in [0.1, 0.15) is 10.4 Å². The van der Waals surface area contributed by atoms with Crippen molar-refractivity contribution in [3.05, 3.63) is 77.9 Å². The molecule has 124 valence electrons. The van der Waals surface area contributed by atoms with E-state index in [2.05, 4.69) is 0 Å².